The van der Waals surface area contributed by atoms with E-state index in [9.17, 15) is 0 Å². The summed E-state index contributed by atoms with van der Waals surface area (Å²) in [7, 11) is 0. The topological polar surface area (TPSA) is 58.4 Å². The molecule has 3 aromatic heterocycles. The van der Waals surface area contributed by atoms with Crippen molar-refractivity contribution in [1.82, 2.24) is 19.6 Å². The van der Waals surface area contributed by atoms with Gasteiger partial charge < -0.3 is 10.2 Å². The molecule has 1 aliphatic heterocycles. The molecule has 1 saturated heterocycles. The molecule has 0 radical (unpaired) electrons. The van der Waals surface area contributed by atoms with Crippen LogP contribution in [0.5, 0.6) is 0 Å². The minimum Gasteiger partial charge on any atom is -0.366 e. The molecule has 0 spiro atoms. The van der Waals surface area contributed by atoms with Crippen LogP contribution in [0.25, 0.3) is 5.65 Å². The zero-order valence-corrected chi connectivity index (χ0v) is 15.9. The first-order valence-electron chi connectivity index (χ1n) is 9.18. The Kier molecular flexibility index (Phi) is 4.97. The second kappa shape index (κ2) is 7.53. The van der Waals surface area contributed by atoms with Gasteiger partial charge in [-0.25, -0.2) is 4.98 Å². The molecule has 26 heavy (non-hydrogen) atoms. The lowest BCUT2D eigenvalue weighted by Gasteiger charge is -2.31. The van der Waals surface area contributed by atoms with E-state index in [4.69, 9.17) is 4.98 Å². The zero-order valence-electron chi connectivity index (χ0n) is 15.0. The summed E-state index contributed by atoms with van der Waals surface area (Å²) in [5, 5.41) is 8.46. The number of aromatic nitrogens is 4. The highest BCUT2D eigenvalue weighted by atomic mass is 32.1. The Hall–Kier alpha value is -2.28. The Morgan fingerprint density at radius 1 is 1.35 bits per heavy atom. The Balaban J connectivity index is 1.69. The lowest BCUT2D eigenvalue weighted by Crippen LogP contribution is -2.36. The molecular weight excluding hydrogens is 344 g/mol. The highest BCUT2D eigenvalue weighted by Gasteiger charge is 2.20. The number of aryl methyl sites for hydroxylation is 1. The van der Waals surface area contributed by atoms with Gasteiger partial charge in [-0.3, -0.25) is 4.98 Å². The summed E-state index contributed by atoms with van der Waals surface area (Å²) in [5.41, 5.74) is 3.23. The van der Waals surface area contributed by atoms with Crippen LogP contribution in [0.1, 0.15) is 30.9 Å². The van der Waals surface area contributed by atoms with Gasteiger partial charge in [0.1, 0.15) is 11.6 Å². The van der Waals surface area contributed by atoms with Crippen LogP contribution in [0.15, 0.2) is 36.8 Å². The van der Waals surface area contributed by atoms with Gasteiger partial charge >= 0.3 is 0 Å². The largest absolute Gasteiger partial charge is 0.366 e. The number of nitrogens with one attached hydrogen (secondary N) is 1. The normalized spacial score (nSPS) is 17.6. The van der Waals surface area contributed by atoms with Gasteiger partial charge in [0.15, 0.2) is 5.65 Å². The molecule has 0 saturated carbocycles. The van der Waals surface area contributed by atoms with E-state index in [2.05, 4.69) is 52.0 Å². The van der Waals surface area contributed by atoms with Gasteiger partial charge in [-0.05, 0) is 30.9 Å². The lowest BCUT2D eigenvalue weighted by atomic mass is 10.1. The molecule has 6 nitrogen and oxygen atoms in total. The Labute approximate surface area is 159 Å². The fourth-order valence-corrected chi connectivity index (χ4v) is 3.77. The zero-order chi connectivity index (χ0) is 17.9. The van der Waals surface area contributed by atoms with Crippen molar-refractivity contribution < 1.29 is 0 Å². The van der Waals surface area contributed by atoms with E-state index in [1.165, 1.54) is 6.42 Å². The van der Waals surface area contributed by atoms with Gasteiger partial charge in [-0.1, -0.05) is 13.0 Å². The van der Waals surface area contributed by atoms with Crippen LogP contribution < -0.4 is 10.2 Å². The quantitative estimate of drug-likeness (QED) is 0.678. The Bertz CT molecular complexity index is 878. The second-order valence-electron chi connectivity index (χ2n) is 6.72. The third kappa shape index (κ3) is 3.49. The van der Waals surface area contributed by atoms with Crippen LogP contribution in [0.4, 0.5) is 11.6 Å². The highest BCUT2D eigenvalue weighted by Crippen LogP contribution is 2.26. The smallest absolute Gasteiger partial charge is 0.162 e. The predicted molar refractivity (Wildman–Crippen MR) is 108 cm³/mol. The number of fused-ring (bicyclic) bond motifs is 1. The molecule has 4 heterocycles. The molecule has 1 unspecified atom stereocenters. The maximum absolute atomic E-state index is 4.92. The predicted octanol–water partition coefficient (Wildman–Crippen LogP) is 3.20. The van der Waals surface area contributed by atoms with E-state index in [0.29, 0.717) is 11.8 Å². The summed E-state index contributed by atoms with van der Waals surface area (Å²) in [6.45, 7) is 4.80. The third-order valence-corrected chi connectivity index (χ3v) is 5.25. The summed E-state index contributed by atoms with van der Waals surface area (Å²) in [5.74, 6) is 1.95. The van der Waals surface area contributed by atoms with Gasteiger partial charge in [0.05, 0.1) is 6.20 Å². The maximum Gasteiger partial charge on any atom is 0.162 e. The molecule has 0 bridgehead atoms. The summed E-state index contributed by atoms with van der Waals surface area (Å²) < 4.78 is 1.90. The average Bonchev–Trinajstić information content (AvgIpc) is 3.10. The fraction of sp³-hybridized carbons (Fsp3) is 0.421. The number of hydrogen-bond acceptors (Lipinski definition) is 6. The maximum atomic E-state index is 4.92. The molecule has 1 fully saturated rings. The number of anilines is 2. The molecule has 7 heteroatoms. The number of pyridine rings is 1. The second-order valence-corrected chi connectivity index (χ2v) is 7.45. The van der Waals surface area contributed by atoms with E-state index < -0.39 is 0 Å². The molecule has 0 aromatic carbocycles. The summed E-state index contributed by atoms with van der Waals surface area (Å²) in [6.07, 6.45) is 8.82. The van der Waals surface area contributed by atoms with Crippen LogP contribution in [0, 0.1) is 0 Å². The minimum absolute atomic E-state index is 0.407. The van der Waals surface area contributed by atoms with E-state index in [1.807, 2.05) is 23.0 Å². The number of hydrogen-bond donors (Lipinski definition) is 2. The molecular formula is C19H24N6S. The Morgan fingerprint density at radius 3 is 3.04 bits per heavy atom. The van der Waals surface area contributed by atoms with Gasteiger partial charge in [-0.2, -0.15) is 22.2 Å². The van der Waals surface area contributed by atoms with E-state index in [1.54, 1.807) is 6.20 Å². The van der Waals surface area contributed by atoms with Crippen molar-refractivity contribution in [3.63, 3.8) is 0 Å². The van der Waals surface area contributed by atoms with Crippen molar-refractivity contribution in [2.24, 2.45) is 0 Å². The molecule has 0 aliphatic carbocycles. The molecule has 0 amide bonds. The first-order chi connectivity index (χ1) is 12.7. The van der Waals surface area contributed by atoms with E-state index in [-0.39, 0.29) is 0 Å². The van der Waals surface area contributed by atoms with Crippen LogP contribution in [-0.2, 0) is 13.0 Å². The molecule has 3 aromatic rings. The van der Waals surface area contributed by atoms with Crippen molar-refractivity contribution in [2.75, 3.05) is 23.3 Å². The van der Waals surface area contributed by atoms with Crippen LogP contribution >= 0.6 is 12.6 Å². The molecule has 4 rings (SSSR count). The van der Waals surface area contributed by atoms with Gasteiger partial charge in [0.2, 0.25) is 0 Å². The number of piperidine rings is 1. The number of rotatable bonds is 5. The standard InChI is InChI=1S/C19H24N6S/c1-2-15-12-22-25-17(21-11-14-5-3-7-20-10-14)9-18(23-19(15)25)24-8-4-6-16(26)13-24/h3,5,7,9-10,12,16,21,26H,2,4,6,8,11,13H2,1H3. The highest BCUT2D eigenvalue weighted by molar-refractivity contribution is 7.81. The lowest BCUT2D eigenvalue weighted by molar-refractivity contribution is 0.587. The average molecular weight is 369 g/mol. The summed E-state index contributed by atoms with van der Waals surface area (Å²) in [4.78, 5) is 11.4. The van der Waals surface area contributed by atoms with Gasteiger partial charge in [-0.15, -0.1) is 0 Å². The first-order valence-corrected chi connectivity index (χ1v) is 9.69. The molecule has 1 aliphatic rings. The molecule has 1 N–H and O–H groups in total. The van der Waals surface area contributed by atoms with Gasteiger partial charge in [0, 0.05) is 48.9 Å². The third-order valence-electron chi connectivity index (χ3n) is 4.83. The van der Waals surface area contributed by atoms with Crippen molar-refractivity contribution >= 4 is 29.9 Å². The molecule has 136 valence electrons. The number of thiol groups is 1. The van der Waals surface area contributed by atoms with Crippen molar-refractivity contribution in [3.05, 3.63) is 47.9 Å². The van der Waals surface area contributed by atoms with Crippen LogP contribution in [0.3, 0.4) is 0 Å². The first kappa shape index (κ1) is 17.1. The minimum atomic E-state index is 0.407. The van der Waals surface area contributed by atoms with Crippen molar-refractivity contribution in [3.8, 4) is 0 Å². The fourth-order valence-electron chi connectivity index (χ4n) is 3.39. The van der Waals surface area contributed by atoms with Crippen molar-refractivity contribution in [1.29, 1.82) is 0 Å². The number of nitrogens with zero attached hydrogens (tertiary/aromatic N) is 5. The summed E-state index contributed by atoms with van der Waals surface area (Å²) in [6, 6.07) is 6.12. The molecule has 1 atom stereocenters. The summed E-state index contributed by atoms with van der Waals surface area (Å²) >= 11 is 4.68. The van der Waals surface area contributed by atoms with Crippen LogP contribution in [0.2, 0.25) is 0 Å². The van der Waals surface area contributed by atoms with E-state index >= 15 is 0 Å². The monoisotopic (exact) mass is 368 g/mol. The SMILES string of the molecule is CCc1cnn2c(NCc3cccnc3)cc(N3CCCC(S)C3)nc12. The van der Waals surface area contributed by atoms with Crippen LogP contribution in [-0.4, -0.2) is 37.9 Å². The van der Waals surface area contributed by atoms with Crippen molar-refractivity contribution in [2.45, 2.75) is 38.0 Å². The Morgan fingerprint density at radius 2 is 2.27 bits per heavy atom. The van der Waals surface area contributed by atoms with Gasteiger partial charge in [0.25, 0.3) is 0 Å². The van der Waals surface area contributed by atoms with E-state index in [0.717, 1.165) is 54.3 Å².